The minimum Gasteiger partial charge on any atom is -0.618 e. The number of thiophene rings is 1. The summed E-state index contributed by atoms with van der Waals surface area (Å²) in [5, 5.41) is 13.2. The molecule has 0 saturated carbocycles. The van der Waals surface area contributed by atoms with E-state index in [-0.39, 0.29) is 0 Å². The van der Waals surface area contributed by atoms with Crippen molar-refractivity contribution in [2.75, 3.05) is 0 Å². The van der Waals surface area contributed by atoms with Crippen LogP contribution in [0.3, 0.4) is 0 Å². The number of aromatic nitrogens is 1. The number of nitrogens with zero attached hydrogens (tertiary/aromatic N) is 1. The van der Waals surface area contributed by atoms with Crippen LogP contribution in [0.1, 0.15) is 0 Å². The van der Waals surface area contributed by atoms with Crippen molar-refractivity contribution in [3.8, 4) is 10.6 Å². The van der Waals surface area contributed by atoms with Crippen LogP contribution in [0.2, 0.25) is 0 Å². The first-order chi connectivity index (χ1) is 5.88. The predicted molar refractivity (Wildman–Crippen MR) is 48.7 cm³/mol. The van der Waals surface area contributed by atoms with Crippen LogP contribution in [0.5, 0.6) is 0 Å². The maximum absolute atomic E-state index is 11.2. The van der Waals surface area contributed by atoms with Crippen molar-refractivity contribution in [3.63, 3.8) is 0 Å². The molecule has 0 bridgehead atoms. The SMILES string of the molecule is [O-][n+]1ccccc1-c1cccs1. The molecule has 2 aromatic heterocycles. The van der Waals surface area contributed by atoms with E-state index in [0.29, 0.717) is 5.69 Å². The van der Waals surface area contributed by atoms with Gasteiger partial charge in [-0.05, 0) is 17.5 Å². The molecule has 0 aliphatic carbocycles. The molecular weight excluding hydrogens is 170 g/mol. The van der Waals surface area contributed by atoms with Crippen LogP contribution in [-0.2, 0) is 0 Å². The van der Waals surface area contributed by atoms with E-state index < -0.39 is 0 Å². The zero-order valence-corrected chi connectivity index (χ0v) is 7.12. The Morgan fingerprint density at radius 1 is 1.17 bits per heavy atom. The average molecular weight is 177 g/mol. The fourth-order valence-electron chi connectivity index (χ4n) is 1.04. The highest BCUT2D eigenvalue weighted by molar-refractivity contribution is 7.13. The molecule has 0 fully saturated rings. The molecule has 0 aromatic carbocycles. The van der Waals surface area contributed by atoms with Gasteiger partial charge < -0.3 is 5.21 Å². The van der Waals surface area contributed by atoms with Gasteiger partial charge in [0.1, 0.15) is 0 Å². The Kier molecular flexibility index (Phi) is 1.80. The largest absolute Gasteiger partial charge is 0.618 e. The van der Waals surface area contributed by atoms with Gasteiger partial charge in [0.2, 0.25) is 5.69 Å². The van der Waals surface area contributed by atoms with E-state index in [1.807, 2.05) is 29.6 Å². The molecule has 0 atom stereocenters. The van der Waals surface area contributed by atoms with Crippen molar-refractivity contribution in [1.29, 1.82) is 0 Å². The van der Waals surface area contributed by atoms with Gasteiger partial charge >= 0.3 is 0 Å². The predicted octanol–water partition coefficient (Wildman–Crippen LogP) is 2.05. The van der Waals surface area contributed by atoms with Gasteiger partial charge in [-0.1, -0.05) is 6.07 Å². The third-order valence-corrected chi connectivity index (χ3v) is 2.49. The Labute approximate surface area is 74.3 Å². The Morgan fingerprint density at radius 2 is 2.08 bits per heavy atom. The lowest BCUT2D eigenvalue weighted by molar-refractivity contribution is -0.593. The van der Waals surface area contributed by atoms with Crippen molar-refractivity contribution in [2.45, 2.75) is 0 Å². The number of hydrogen-bond donors (Lipinski definition) is 0. The molecule has 0 amide bonds. The Bertz CT molecular complexity index is 370. The molecule has 0 unspecified atom stereocenters. The standard InChI is InChI=1S/C9H7NOS/c11-10-6-2-1-4-8(10)9-5-3-7-12-9/h1-7H. The molecule has 0 aliphatic heterocycles. The van der Waals surface area contributed by atoms with Crippen LogP contribution in [0.25, 0.3) is 10.6 Å². The monoisotopic (exact) mass is 177 g/mol. The second kappa shape index (κ2) is 2.95. The maximum atomic E-state index is 11.2. The molecule has 2 aromatic rings. The number of pyridine rings is 1. The van der Waals surface area contributed by atoms with Gasteiger partial charge in [0.15, 0.2) is 6.20 Å². The van der Waals surface area contributed by atoms with E-state index in [0.717, 1.165) is 9.61 Å². The second-order valence-electron chi connectivity index (χ2n) is 2.39. The fraction of sp³-hybridized carbons (Fsp3) is 0. The highest BCUT2D eigenvalue weighted by atomic mass is 32.1. The van der Waals surface area contributed by atoms with Crippen molar-refractivity contribution in [1.82, 2.24) is 0 Å². The molecule has 2 rings (SSSR count). The summed E-state index contributed by atoms with van der Waals surface area (Å²) in [6.07, 6.45) is 1.51. The summed E-state index contributed by atoms with van der Waals surface area (Å²) >= 11 is 1.57. The van der Waals surface area contributed by atoms with Gasteiger partial charge in [-0.25, -0.2) is 0 Å². The summed E-state index contributed by atoms with van der Waals surface area (Å²) in [6.45, 7) is 0. The van der Waals surface area contributed by atoms with Gasteiger partial charge in [-0.2, -0.15) is 4.73 Å². The average Bonchev–Trinajstić information content (AvgIpc) is 2.57. The van der Waals surface area contributed by atoms with E-state index in [1.54, 1.807) is 17.4 Å². The topological polar surface area (TPSA) is 26.9 Å². The highest BCUT2D eigenvalue weighted by Gasteiger charge is 2.06. The Hall–Kier alpha value is -1.35. The van der Waals surface area contributed by atoms with Crippen LogP contribution in [0, 0.1) is 5.21 Å². The summed E-state index contributed by atoms with van der Waals surface area (Å²) in [5.74, 6) is 0. The van der Waals surface area contributed by atoms with Crippen molar-refractivity contribution < 1.29 is 4.73 Å². The summed E-state index contributed by atoms with van der Waals surface area (Å²) in [6, 6.07) is 9.29. The van der Waals surface area contributed by atoms with Crippen LogP contribution < -0.4 is 4.73 Å². The van der Waals surface area contributed by atoms with E-state index >= 15 is 0 Å². The van der Waals surface area contributed by atoms with Crippen molar-refractivity contribution in [3.05, 3.63) is 47.1 Å². The first-order valence-corrected chi connectivity index (χ1v) is 4.48. The van der Waals surface area contributed by atoms with Gasteiger partial charge in [0.05, 0.1) is 4.88 Å². The van der Waals surface area contributed by atoms with Crippen LogP contribution >= 0.6 is 11.3 Å². The van der Waals surface area contributed by atoms with E-state index in [4.69, 9.17) is 0 Å². The Morgan fingerprint density at radius 3 is 2.75 bits per heavy atom. The summed E-state index contributed by atoms with van der Waals surface area (Å²) in [4.78, 5) is 1.01. The third kappa shape index (κ3) is 1.19. The first-order valence-electron chi connectivity index (χ1n) is 3.60. The van der Waals surface area contributed by atoms with Gasteiger partial charge in [-0.3, -0.25) is 0 Å². The molecule has 0 N–H and O–H groups in total. The smallest absolute Gasteiger partial charge is 0.233 e. The zero-order valence-electron chi connectivity index (χ0n) is 6.31. The lowest BCUT2D eigenvalue weighted by Gasteiger charge is -1.99. The molecule has 60 valence electrons. The maximum Gasteiger partial charge on any atom is 0.233 e. The summed E-state index contributed by atoms with van der Waals surface area (Å²) in [5.41, 5.74) is 0.715. The minimum atomic E-state index is 0.715. The van der Waals surface area contributed by atoms with E-state index in [1.165, 1.54) is 6.20 Å². The molecule has 0 aliphatic rings. The fourth-order valence-corrected chi connectivity index (χ4v) is 1.78. The zero-order chi connectivity index (χ0) is 8.39. The molecule has 0 radical (unpaired) electrons. The van der Waals surface area contributed by atoms with Gasteiger partial charge in [0, 0.05) is 12.1 Å². The molecule has 2 heterocycles. The van der Waals surface area contributed by atoms with Crippen molar-refractivity contribution in [2.24, 2.45) is 0 Å². The summed E-state index contributed by atoms with van der Waals surface area (Å²) in [7, 11) is 0. The Balaban J connectivity index is 2.55. The molecular formula is C9H7NOS. The number of rotatable bonds is 1. The van der Waals surface area contributed by atoms with Crippen molar-refractivity contribution >= 4 is 11.3 Å². The lowest BCUT2D eigenvalue weighted by atomic mass is 10.3. The minimum absolute atomic E-state index is 0.715. The normalized spacial score (nSPS) is 10.0. The molecule has 3 heteroatoms. The van der Waals surface area contributed by atoms with Crippen LogP contribution in [0.4, 0.5) is 0 Å². The number of hydrogen-bond acceptors (Lipinski definition) is 2. The summed E-state index contributed by atoms with van der Waals surface area (Å²) < 4.78 is 0.881. The first kappa shape index (κ1) is 7.31. The highest BCUT2D eigenvalue weighted by Crippen LogP contribution is 2.20. The molecule has 0 spiro atoms. The second-order valence-corrected chi connectivity index (χ2v) is 3.34. The molecule has 12 heavy (non-hydrogen) atoms. The molecule has 2 nitrogen and oxygen atoms in total. The van der Waals surface area contributed by atoms with E-state index in [9.17, 15) is 5.21 Å². The van der Waals surface area contributed by atoms with Crippen LogP contribution in [-0.4, -0.2) is 0 Å². The lowest BCUT2D eigenvalue weighted by Crippen LogP contribution is -2.27. The van der Waals surface area contributed by atoms with E-state index in [2.05, 4.69) is 0 Å². The van der Waals surface area contributed by atoms with Gasteiger partial charge in [-0.15, -0.1) is 11.3 Å². The van der Waals surface area contributed by atoms with Gasteiger partial charge in [0.25, 0.3) is 0 Å². The van der Waals surface area contributed by atoms with Crippen LogP contribution in [0.15, 0.2) is 41.9 Å². The quantitative estimate of drug-likeness (QED) is 0.483. The third-order valence-electron chi connectivity index (χ3n) is 1.60. The molecule has 0 saturated heterocycles.